The fourth-order valence-corrected chi connectivity index (χ4v) is 5.80. The molecule has 2 saturated heterocycles. The zero-order chi connectivity index (χ0) is 27.8. The number of carbonyl (C=O) groups excluding carboxylic acids is 2. The highest BCUT2D eigenvalue weighted by molar-refractivity contribution is 5.81. The molecular weight excluding hydrogens is 501 g/mol. The summed E-state index contributed by atoms with van der Waals surface area (Å²) in [6.45, 7) is 4.92. The third kappa shape index (κ3) is 6.77. The highest BCUT2D eigenvalue weighted by Crippen LogP contribution is 2.44. The van der Waals surface area contributed by atoms with Gasteiger partial charge in [0.25, 0.3) is 5.91 Å². The number of piperidine rings is 1. The summed E-state index contributed by atoms with van der Waals surface area (Å²) in [7, 11) is 1.30. The largest absolute Gasteiger partial charge is 0.453 e. The third-order valence-electron chi connectivity index (χ3n) is 7.90. The molecule has 9 heteroatoms. The average Bonchev–Trinajstić information content (AvgIpc) is 2.99. The van der Waals surface area contributed by atoms with Crippen molar-refractivity contribution in [2.45, 2.75) is 50.7 Å². The van der Waals surface area contributed by atoms with E-state index < -0.39 is 23.6 Å². The van der Waals surface area contributed by atoms with E-state index in [4.69, 9.17) is 4.74 Å². The van der Waals surface area contributed by atoms with E-state index in [2.05, 4.69) is 15.4 Å². The summed E-state index contributed by atoms with van der Waals surface area (Å²) in [5.41, 5.74) is 1.22. The standard InChI is InChI=1S/C30H40FN3O5/c1-3-21-8-4-9-22(18-21)27-24(11-5-12-25(27)31)30(37,13-7-14-33-29(36)38-2)23-10-6-16-34(20-23)28(35)26-19-32-15-17-39-26/h4-5,8-9,11-12,18,23,26,32,37H,3,6-7,10,13-17,19-20H2,1-2H3,(H,33,36)/t23-,26?,30?/m1/s1. The van der Waals surface area contributed by atoms with Gasteiger partial charge in [0.2, 0.25) is 0 Å². The summed E-state index contributed by atoms with van der Waals surface area (Å²) < 4.78 is 26.0. The minimum atomic E-state index is -1.44. The fourth-order valence-electron chi connectivity index (χ4n) is 5.80. The molecule has 2 aromatic rings. The Hall–Kier alpha value is -3.01. The number of nitrogens with zero attached hydrogens (tertiary/aromatic N) is 1. The van der Waals surface area contributed by atoms with Crippen LogP contribution in [0.3, 0.4) is 0 Å². The topological polar surface area (TPSA) is 100 Å². The van der Waals surface area contributed by atoms with E-state index >= 15 is 4.39 Å². The molecule has 3 N–H and O–H groups in total. The summed E-state index contributed by atoms with van der Waals surface area (Å²) >= 11 is 0. The lowest BCUT2D eigenvalue weighted by Gasteiger charge is -2.44. The Bertz CT molecular complexity index is 1140. The van der Waals surface area contributed by atoms with Crippen LogP contribution in [0, 0.1) is 11.7 Å². The minimum Gasteiger partial charge on any atom is -0.453 e. The molecular formula is C30H40FN3O5. The minimum absolute atomic E-state index is 0.0864. The van der Waals surface area contributed by atoms with E-state index in [1.165, 1.54) is 13.2 Å². The Balaban J connectivity index is 1.68. The number of amides is 2. The molecule has 2 amide bonds. The predicted octanol–water partition coefficient (Wildman–Crippen LogP) is 3.61. The van der Waals surface area contributed by atoms with Gasteiger partial charge in [0.1, 0.15) is 11.9 Å². The molecule has 39 heavy (non-hydrogen) atoms. The number of nitrogens with one attached hydrogen (secondary N) is 2. The number of aryl methyl sites for hydroxylation is 1. The van der Waals surface area contributed by atoms with Gasteiger partial charge >= 0.3 is 6.09 Å². The van der Waals surface area contributed by atoms with Gasteiger partial charge in [-0.05, 0) is 54.9 Å². The van der Waals surface area contributed by atoms with Crippen LogP contribution in [0.5, 0.6) is 0 Å². The smallest absolute Gasteiger partial charge is 0.406 e. The van der Waals surface area contributed by atoms with Crippen LogP contribution in [-0.4, -0.2) is 74.6 Å². The monoisotopic (exact) mass is 541 g/mol. The number of likely N-dealkylation sites (tertiary alicyclic amines) is 1. The van der Waals surface area contributed by atoms with Crippen molar-refractivity contribution in [2.24, 2.45) is 5.92 Å². The van der Waals surface area contributed by atoms with Crippen molar-refractivity contribution in [2.75, 3.05) is 46.4 Å². The Labute approximate surface area is 229 Å². The highest BCUT2D eigenvalue weighted by Gasteiger charge is 2.44. The molecule has 0 aliphatic carbocycles. The number of aliphatic hydroxyl groups is 1. The number of ether oxygens (including phenoxy) is 2. The Kier molecular flexibility index (Phi) is 9.94. The van der Waals surface area contributed by atoms with Crippen LogP contribution in [-0.2, 0) is 26.3 Å². The number of benzene rings is 2. The molecule has 212 valence electrons. The van der Waals surface area contributed by atoms with Gasteiger partial charge in [-0.25, -0.2) is 9.18 Å². The van der Waals surface area contributed by atoms with Crippen LogP contribution < -0.4 is 10.6 Å². The van der Waals surface area contributed by atoms with Crippen molar-refractivity contribution < 1.29 is 28.6 Å². The van der Waals surface area contributed by atoms with Gasteiger partial charge in [0.05, 0.1) is 19.3 Å². The van der Waals surface area contributed by atoms with E-state index in [0.29, 0.717) is 68.9 Å². The molecule has 0 saturated carbocycles. The van der Waals surface area contributed by atoms with Crippen molar-refractivity contribution in [3.63, 3.8) is 0 Å². The molecule has 4 rings (SSSR count). The molecule has 2 aliphatic heterocycles. The third-order valence-corrected chi connectivity index (χ3v) is 7.90. The van der Waals surface area contributed by atoms with Crippen LogP contribution in [0.15, 0.2) is 42.5 Å². The van der Waals surface area contributed by atoms with Gasteiger partial charge in [0, 0.05) is 44.2 Å². The fraction of sp³-hybridized carbons (Fsp3) is 0.533. The molecule has 8 nitrogen and oxygen atoms in total. The lowest BCUT2D eigenvalue weighted by molar-refractivity contribution is -0.150. The Morgan fingerprint density at radius 3 is 2.85 bits per heavy atom. The normalized spacial score (nSPS) is 21.2. The summed E-state index contributed by atoms with van der Waals surface area (Å²) in [6.07, 6.45) is 1.83. The van der Waals surface area contributed by atoms with Crippen LogP contribution in [0.2, 0.25) is 0 Å². The molecule has 2 aliphatic rings. The van der Waals surface area contributed by atoms with Crippen molar-refractivity contribution >= 4 is 12.0 Å². The van der Waals surface area contributed by atoms with Gasteiger partial charge in [-0.1, -0.05) is 43.3 Å². The number of hydrogen-bond acceptors (Lipinski definition) is 6. The van der Waals surface area contributed by atoms with Crippen molar-refractivity contribution in [1.82, 2.24) is 15.5 Å². The Morgan fingerprint density at radius 2 is 2.10 bits per heavy atom. The van der Waals surface area contributed by atoms with Gasteiger partial charge in [-0.15, -0.1) is 0 Å². The van der Waals surface area contributed by atoms with Crippen LogP contribution >= 0.6 is 0 Å². The maximum atomic E-state index is 15.6. The van der Waals surface area contributed by atoms with Gasteiger partial charge in [0.15, 0.2) is 0 Å². The molecule has 0 bridgehead atoms. The quantitative estimate of drug-likeness (QED) is 0.420. The maximum Gasteiger partial charge on any atom is 0.406 e. The van der Waals surface area contributed by atoms with Crippen LogP contribution in [0.1, 0.15) is 43.7 Å². The number of hydrogen-bond donors (Lipinski definition) is 3. The first kappa shape index (κ1) is 29.0. The average molecular weight is 542 g/mol. The molecule has 2 heterocycles. The van der Waals surface area contributed by atoms with E-state index in [1.807, 2.05) is 31.2 Å². The maximum absolute atomic E-state index is 15.6. The molecule has 2 unspecified atom stereocenters. The van der Waals surface area contributed by atoms with E-state index in [0.717, 1.165) is 18.4 Å². The molecule has 0 spiro atoms. The summed E-state index contributed by atoms with van der Waals surface area (Å²) in [6, 6.07) is 12.6. The summed E-state index contributed by atoms with van der Waals surface area (Å²) in [5.74, 6) is -0.825. The molecule has 2 aromatic carbocycles. The first-order valence-corrected chi connectivity index (χ1v) is 13.9. The molecule has 2 fully saturated rings. The van der Waals surface area contributed by atoms with Crippen LogP contribution in [0.4, 0.5) is 9.18 Å². The van der Waals surface area contributed by atoms with Crippen LogP contribution in [0.25, 0.3) is 11.1 Å². The zero-order valence-corrected chi connectivity index (χ0v) is 22.9. The number of rotatable bonds is 9. The van der Waals surface area contributed by atoms with E-state index in [9.17, 15) is 14.7 Å². The van der Waals surface area contributed by atoms with Crippen molar-refractivity contribution in [1.29, 1.82) is 0 Å². The molecule has 0 radical (unpaired) electrons. The summed E-state index contributed by atoms with van der Waals surface area (Å²) in [5, 5.41) is 18.4. The van der Waals surface area contributed by atoms with Crippen molar-refractivity contribution in [3.05, 3.63) is 59.4 Å². The SMILES string of the molecule is CCc1cccc(-c2c(F)cccc2C(O)(CCCNC(=O)OC)[C@@H]2CCCN(C(=O)C3CNCCO3)C2)c1. The van der Waals surface area contributed by atoms with E-state index in [1.54, 1.807) is 17.0 Å². The number of morpholine rings is 1. The van der Waals surface area contributed by atoms with Gasteiger partial charge in [-0.3, -0.25) is 4.79 Å². The van der Waals surface area contributed by atoms with E-state index in [-0.39, 0.29) is 18.2 Å². The molecule has 0 aromatic heterocycles. The number of methoxy groups -OCH3 is 1. The lowest BCUT2D eigenvalue weighted by atomic mass is 9.72. The number of alkyl carbamates (subject to hydrolysis) is 1. The lowest BCUT2D eigenvalue weighted by Crippen LogP contribution is -2.54. The summed E-state index contributed by atoms with van der Waals surface area (Å²) in [4.78, 5) is 26.7. The second kappa shape index (κ2) is 13.4. The second-order valence-corrected chi connectivity index (χ2v) is 10.3. The predicted molar refractivity (Wildman–Crippen MR) is 147 cm³/mol. The first-order valence-electron chi connectivity index (χ1n) is 13.9. The highest BCUT2D eigenvalue weighted by atomic mass is 19.1. The first-order chi connectivity index (χ1) is 18.9. The Morgan fingerprint density at radius 1 is 1.28 bits per heavy atom. The number of halogens is 1. The number of carbonyl (C=O) groups is 2. The zero-order valence-electron chi connectivity index (χ0n) is 22.9. The molecule has 3 atom stereocenters. The van der Waals surface area contributed by atoms with Gasteiger partial charge in [-0.2, -0.15) is 0 Å². The van der Waals surface area contributed by atoms with Crippen molar-refractivity contribution in [3.8, 4) is 11.1 Å². The van der Waals surface area contributed by atoms with Gasteiger partial charge < -0.3 is 30.1 Å². The second-order valence-electron chi connectivity index (χ2n) is 10.3.